The summed E-state index contributed by atoms with van der Waals surface area (Å²) in [6.45, 7) is 2.86. The van der Waals surface area contributed by atoms with Crippen molar-refractivity contribution in [3.05, 3.63) is 0 Å². The smallest absolute Gasteiger partial charge is 0.0108 e. The van der Waals surface area contributed by atoms with Gasteiger partial charge in [-0.15, -0.1) is 0 Å². The maximum Gasteiger partial charge on any atom is 0.0108 e. The lowest BCUT2D eigenvalue weighted by atomic mass is 9.72. The van der Waals surface area contributed by atoms with Crippen molar-refractivity contribution in [2.75, 3.05) is 13.1 Å². The highest BCUT2D eigenvalue weighted by Gasteiger charge is 2.40. The minimum absolute atomic E-state index is 1.01. The molecular weight excluding hydrogens is 134 g/mol. The number of nitrogens with zero attached hydrogens (tertiary/aromatic N) is 1. The molecule has 3 atom stereocenters. The van der Waals surface area contributed by atoms with Crippen molar-refractivity contribution >= 4 is 0 Å². The van der Waals surface area contributed by atoms with E-state index in [0.717, 1.165) is 17.9 Å². The van der Waals surface area contributed by atoms with Crippen LogP contribution in [0.3, 0.4) is 0 Å². The van der Waals surface area contributed by atoms with Gasteiger partial charge in [-0.3, -0.25) is 4.90 Å². The minimum Gasteiger partial charge on any atom is -0.300 e. The summed E-state index contributed by atoms with van der Waals surface area (Å²) in [5.41, 5.74) is 0. The van der Waals surface area contributed by atoms with Gasteiger partial charge in [-0.2, -0.15) is 0 Å². The highest BCUT2D eigenvalue weighted by Crippen LogP contribution is 2.43. The van der Waals surface area contributed by atoms with Crippen LogP contribution < -0.4 is 0 Å². The van der Waals surface area contributed by atoms with Crippen LogP contribution in [0.2, 0.25) is 0 Å². The van der Waals surface area contributed by atoms with Gasteiger partial charge in [0.05, 0.1) is 0 Å². The van der Waals surface area contributed by atoms with E-state index in [1.54, 1.807) is 12.8 Å². The first kappa shape index (κ1) is 6.47. The summed E-state index contributed by atoms with van der Waals surface area (Å²) in [7, 11) is 0. The third-order valence-corrected chi connectivity index (χ3v) is 4.18. The molecule has 0 aromatic heterocycles. The molecule has 1 aliphatic carbocycles. The highest BCUT2D eigenvalue weighted by molar-refractivity contribution is 4.93. The largest absolute Gasteiger partial charge is 0.300 e. The second-order valence-corrected chi connectivity index (χ2v) is 4.61. The molecule has 3 fully saturated rings. The van der Waals surface area contributed by atoms with E-state index in [-0.39, 0.29) is 0 Å². The van der Waals surface area contributed by atoms with E-state index in [1.807, 2.05) is 0 Å². The normalized spacial score (nSPS) is 49.6. The standard InChI is InChI=1S/C10H17N/c1-2-9-7-11-6-5-10(11)4-3-8(1)9/h8-10H,1-7H2/t8-,9-,10+/m1/s1. The van der Waals surface area contributed by atoms with Crippen LogP contribution in [0.25, 0.3) is 0 Å². The van der Waals surface area contributed by atoms with Crippen LogP contribution in [-0.4, -0.2) is 24.0 Å². The van der Waals surface area contributed by atoms with Crippen molar-refractivity contribution in [1.29, 1.82) is 0 Å². The molecule has 0 amide bonds. The average molecular weight is 151 g/mol. The molecule has 11 heavy (non-hydrogen) atoms. The Balaban J connectivity index is 1.72. The summed E-state index contributed by atoms with van der Waals surface area (Å²) in [5, 5.41) is 0. The second-order valence-electron chi connectivity index (χ2n) is 4.61. The Labute approximate surface area is 68.8 Å². The van der Waals surface area contributed by atoms with Crippen molar-refractivity contribution < 1.29 is 0 Å². The van der Waals surface area contributed by atoms with Crippen LogP contribution in [0.15, 0.2) is 0 Å². The van der Waals surface area contributed by atoms with Crippen molar-refractivity contribution in [3.8, 4) is 0 Å². The van der Waals surface area contributed by atoms with E-state index in [4.69, 9.17) is 0 Å². The van der Waals surface area contributed by atoms with Crippen LogP contribution >= 0.6 is 0 Å². The Morgan fingerprint density at radius 2 is 1.64 bits per heavy atom. The zero-order valence-electron chi connectivity index (χ0n) is 7.13. The first-order valence-electron chi connectivity index (χ1n) is 5.17. The molecule has 0 unspecified atom stereocenters. The predicted octanol–water partition coefficient (Wildman–Crippen LogP) is 1.88. The van der Waals surface area contributed by atoms with Gasteiger partial charge in [0.2, 0.25) is 0 Å². The Morgan fingerprint density at radius 1 is 0.818 bits per heavy atom. The molecule has 2 heterocycles. The lowest BCUT2D eigenvalue weighted by Gasteiger charge is -2.42. The second kappa shape index (κ2) is 2.22. The van der Waals surface area contributed by atoms with Gasteiger partial charge < -0.3 is 0 Å². The van der Waals surface area contributed by atoms with E-state index in [9.17, 15) is 0 Å². The fraction of sp³-hybridized carbons (Fsp3) is 1.00. The molecule has 0 radical (unpaired) electrons. The molecule has 0 N–H and O–H groups in total. The van der Waals surface area contributed by atoms with Crippen molar-refractivity contribution in [2.45, 2.75) is 38.1 Å². The zero-order valence-corrected chi connectivity index (χ0v) is 7.13. The van der Waals surface area contributed by atoms with Crippen LogP contribution in [0.5, 0.6) is 0 Å². The molecule has 2 aliphatic heterocycles. The summed E-state index contributed by atoms with van der Waals surface area (Å²) in [6.07, 6.45) is 7.64. The van der Waals surface area contributed by atoms with Gasteiger partial charge in [-0.25, -0.2) is 0 Å². The molecule has 3 aliphatic rings. The van der Waals surface area contributed by atoms with E-state index in [1.165, 1.54) is 32.4 Å². The van der Waals surface area contributed by atoms with Crippen LogP contribution in [0.4, 0.5) is 0 Å². The van der Waals surface area contributed by atoms with Gasteiger partial charge in [0.15, 0.2) is 0 Å². The first-order chi connectivity index (χ1) is 5.43. The third kappa shape index (κ3) is 0.868. The van der Waals surface area contributed by atoms with Crippen molar-refractivity contribution in [3.63, 3.8) is 0 Å². The van der Waals surface area contributed by atoms with Gasteiger partial charge >= 0.3 is 0 Å². The quantitative estimate of drug-likeness (QED) is 0.511. The summed E-state index contributed by atoms with van der Waals surface area (Å²) in [5.74, 6) is 2.25. The Bertz CT molecular complexity index is 148. The molecule has 0 aromatic rings. The Hall–Kier alpha value is -0.0400. The maximum absolute atomic E-state index is 2.73. The fourth-order valence-electron chi connectivity index (χ4n) is 3.03. The number of hydrogen-bond acceptors (Lipinski definition) is 1. The monoisotopic (exact) mass is 151 g/mol. The summed E-state index contributed by atoms with van der Waals surface area (Å²) in [6, 6.07) is 1.01. The number of rotatable bonds is 0. The van der Waals surface area contributed by atoms with E-state index >= 15 is 0 Å². The van der Waals surface area contributed by atoms with Crippen LogP contribution in [-0.2, 0) is 0 Å². The Morgan fingerprint density at radius 3 is 2.27 bits per heavy atom. The first-order valence-corrected chi connectivity index (χ1v) is 5.17. The minimum atomic E-state index is 1.01. The maximum atomic E-state index is 2.73. The SMILES string of the molecule is C1C[C@@H]2CN3CC[C@@H]3CC[C@@H]12. The fourth-order valence-corrected chi connectivity index (χ4v) is 3.03. The van der Waals surface area contributed by atoms with E-state index in [0.29, 0.717) is 0 Å². The van der Waals surface area contributed by atoms with E-state index < -0.39 is 0 Å². The Kier molecular flexibility index (Phi) is 1.31. The lowest BCUT2D eigenvalue weighted by molar-refractivity contribution is 0.0612. The van der Waals surface area contributed by atoms with E-state index in [2.05, 4.69) is 4.90 Å². The summed E-state index contributed by atoms with van der Waals surface area (Å²) >= 11 is 0. The number of hydrogen-bond donors (Lipinski definition) is 0. The predicted molar refractivity (Wildman–Crippen MR) is 45.4 cm³/mol. The molecule has 3 rings (SSSR count). The number of fused-ring (bicyclic) bond motifs is 2. The summed E-state index contributed by atoms with van der Waals surface area (Å²) < 4.78 is 0. The molecule has 62 valence electrons. The van der Waals surface area contributed by atoms with Gasteiger partial charge in [-0.1, -0.05) is 0 Å². The van der Waals surface area contributed by atoms with Crippen LogP contribution in [0, 0.1) is 11.8 Å². The van der Waals surface area contributed by atoms with Gasteiger partial charge in [0.1, 0.15) is 0 Å². The summed E-state index contributed by atoms with van der Waals surface area (Å²) in [4.78, 5) is 2.73. The molecule has 0 aromatic carbocycles. The van der Waals surface area contributed by atoms with Gasteiger partial charge in [0, 0.05) is 12.6 Å². The molecular formula is C10H17N. The molecule has 1 saturated carbocycles. The average Bonchev–Trinajstić information content (AvgIpc) is 1.98. The van der Waals surface area contributed by atoms with Crippen molar-refractivity contribution in [1.82, 2.24) is 4.90 Å². The molecule has 1 heteroatoms. The molecule has 2 saturated heterocycles. The molecule has 1 nitrogen and oxygen atoms in total. The van der Waals surface area contributed by atoms with Gasteiger partial charge in [-0.05, 0) is 50.5 Å². The molecule has 0 spiro atoms. The topological polar surface area (TPSA) is 3.24 Å². The van der Waals surface area contributed by atoms with Crippen molar-refractivity contribution in [2.24, 2.45) is 11.8 Å². The lowest BCUT2D eigenvalue weighted by Crippen LogP contribution is -2.48. The molecule has 0 bridgehead atoms. The zero-order chi connectivity index (χ0) is 7.26. The highest BCUT2D eigenvalue weighted by atomic mass is 15.2. The van der Waals surface area contributed by atoms with Crippen LogP contribution in [0.1, 0.15) is 32.1 Å². The van der Waals surface area contributed by atoms with Gasteiger partial charge in [0.25, 0.3) is 0 Å². The third-order valence-electron chi connectivity index (χ3n) is 4.18.